The highest BCUT2D eigenvalue weighted by atomic mass is 35.5. The van der Waals surface area contributed by atoms with Gasteiger partial charge in [0.25, 0.3) is 5.91 Å². The van der Waals surface area contributed by atoms with Crippen molar-refractivity contribution in [3.63, 3.8) is 0 Å². The zero-order valence-corrected chi connectivity index (χ0v) is 12.1. The molecule has 5 nitrogen and oxygen atoms in total. The van der Waals surface area contributed by atoms with Gasteiger partial charge in [-0.2, -0.15) is 0 Å². The fraction of sp³-hybridized carbons (Fsp3) is 0.429. The molecule has 106 valence electrons. The average molecular weight is 293 g/mol. The van der Waals surface area contributed by atoms with Crippen molar-refractivity contribution in [2.24, 2.45) is 13.0 Å². The highest BCUT2D eigenvalue weighted by Gasteiger charge is 2.20. The van der Waals surface area contributed by atoms with E-state index in [1.807, 2.05) is 19.4 Å². The third-order valence-electron chi connectivity index (χ3n) is 3.81. The third kappa shape index (κ3) is 2.58. The number of nitrogens with one attached hydrogen (secondary N) is 1. The van der Waals surface area contributed by atoms with Crippen molar-refractivity contribution in [3.05, 3.63) is 41.2 Å². The van der Waals surface area contributed by atoms with Crippen molar-refractivity contribution in [1.82, 2.24) is 19.4 Å². The molecule has 1 amide bonds. The van der Waals surface area contributed by atoms with Crippen LogP contribution in [0.15, 0.2) is 24.7 Å². The molecule has 2 aromatic rings. The summed E-state index contributed by atoms with van der Waals surface area (Å²) in [5.74, 6) is 1.48. The topological polar surface area (TPSA) is 51.9 Å². The minimum absolute atomic E-state index is 0.0756. The minimum atomic E-state index is -0.0756. The number of aryl methyl sites for hydroxylation is 2. The van der Waals surface area contributed by atoms with Crippen LogP contribution in [0.2, 0.25) is 5.02 Å². The molecule has 0 unspecified atom stereocenters. The normalized spacial score (nSPS) is 17.8. The van der Waals surface area contributed by atoms with Crippen molar-refractivity contribution in [2.75, 3.05) is 6.54 Å². The fourth-order valence-corrected chi connectivity index (χ4v) is 2.92. The molecule has 3 rings (SSSR count). The predicted octanol–water partition coefficient (Wildman–Crippen LogP) is 1.87. The van der Waals surface area contributed by atoms with E-state index in [1.54, 1.807) is 16.8 Å². The van der Waals surface area contributed by atoms with E-state index in [1.165, 1.54) is 0 Å². The molecule has 0 saturated heterocycles. The molecule has 0 saturated carbocycles. The van der Waals surface area contributed by atoms with E-state index in [2.05, 4.69) is 14.9 Å². The number of fused-ring (bicyclic) bond motifs is 1. The largest absolute Gasteiger partial charge is 0.350 e. The molecule has 0 radical (unpaired) electrons. The Balaban J connectivity index is 1.58. The van der Waals surface area contributed by atoms with Gasteiger partial charge in [0, 0.05) is 45.1 Å². The molecule has 1 N–H and O–H groups in total. The van der Waals surface area contributed by atoms with Gasteiger partial charge in [-0.05, 0) is 18.4 Å². The lowest BCUT2D eigenvalue weighted by Gasteiger charge is -2.23. The Kier molecular flexibility index (Phi) is 3.53. The Hall–Kier alpha value is -1.75. The van der Waals surface area contributed by atoms with Crippen LogP contribution in [0, 0.1) is 5.92 Å². The van der Waals surface area contributed by atoms with Crippen molar-refractivity contribution >= 4 is 17.5 Å². The van der Waals surface area contributed by atoms with E-state index in [-0.39, 0.29) is 5.91 Å². The van der Waals surface area contributed by atoms with Crippen LogP contribution in [0.3, 0.4) is 0 Å². The lowest BCUT2D eigenvalue weighted by Crippen LogP contribution is -2.33. The quantitative estimate of drug-likeness (QED) is 0.939. The van der Waals surface area contributed by atoms with E-state index in [9.17, 15) is 4.79 Å². The van der Waals surface area contributed by atoms with Crippen LogP contribution in [0.5, 0.6) is 0 Å². The maximum absolute atomic E-state index is 12.1. The molecule has 1 aliphatic heterocycles. The van der Waals surface area contributed by atoms with Gasteiger partial charge < -0.3 is 14.5 Å². The molecule has 0 bridgehead atoms. The molecule has 20 heavy (non-hydrogen) atoms. The molecular weight excluding hydrogens is 276 g/mol. The number of hydrogen-bond donors (Lipinski definition) is 1. The van der Waals surface area contributed by atoms with Gasteiger partial charge in [-0.3, -0.25) is 4.79 Å². The smallest absolute Gasteiger partial charge is 0.267 e. The van der Waals surface area contributed by atoms with Gasteiger partial charge in [-0.25, -0.2) is 4.98 Å². The van der Waals surface area contributed by atoms with E-state index in [0.29, 0.717) is 23.2 Å². The number of rotatable bonds is 3. The number of imidazole rings is 1. The number of amides is 1. The van der Waals surface area contributed by atoms with Crippen molar-refractivity contribution < 1.29 is 4.79 Å². The summed E-state index contributed by atoms with van der Waals surface area (Å²) < 4.78 is 3.92. The first kappa shape index (κ1) is 13.2. The summed E-state index contributed by atoms with van der Waals surface area (Å²) in [7, 11) is 1.82. The lowest BCUT2D eigenvalue weighted by molar-refractivity contribution is 0.0936. The number of halogens is 1. The molecular formula is C14H17ClN4O. The maximum Gasteiger partial charge on any atom is 0.267 e. The zero-order valence-electron chi connectivity index (χ0n) is 11.3. The van der Waals surface area contributed by atoms with Crippen molar-refractivity contribution in [2.45, 2.75) is 19.4 Å². The zero-order chi connectivity index (χ0) is 14.1. The standard InChI is InChI=1S/C14H17ClN4O/c1-18-9-11(15)7-12(18)14(20)17-8-10-2-4-19-5-3-16-13(19)6-10/h3,5,7,9-10H,2,4,6,8H2,1H3,(H,17,20)/t10-/m1/s1. The van der Waals surface area contributed by atoms with Gasteiger partial charge in [-0.15, -0.1) is 0 Å². The first-order valence-electron chi connectivity index (χ1n) is 6.73. The average Bonchev–Trinajstić information content (AvgIpc) is 3.01. The van der Waals surface area contributed by atoms with Crippen LogP contribution in [0.4, 0.5) is 0 Å². The van der Waals surface area contributed by atoms with Gasteiger partial charge in [0.2, 0.25) is 0 Å². The monoisotopic (exact) mass is 292 g/mol. The van der Waals surface area contributed by atoms with Gasteiger partial charge in [0.1, 0.15) is 11.5 Å². The lowest BCUT2D eigenvalue weighted by atomic mass is 9.98. The van der Waals surface area contributed by atoms with Crippen LogP contribution < -0.4 is 5.32 Å². The van der Waals surface area contributed by atoms with E-state index < -0.39 is 0 Å². The van der Waals surface area contributed by atoms with Crippen LogP contribution in [0.1, 0.15) is 22.7 Å². The Morgan fingerprint density at radius 2 is 2.45 bits per heavy atom. The molecule has 0 aromatic carbocycles. The summed E-state index contributed by atoms with van der Waals surface area (Å²) in [6, 6.07) is 1.68. The summed E-state index contributed by atoms with van der Waals surface area (Å²) in [6.07, 6.45) is 7.56. The molecule has 6 heteroatoms. The molecule has 2 aromatic heterocycles. The second-order valence-electron chi connectivity index (χ2n) is 5.26. The Morgan fingerprint density at radius 1 is 1.60 bits per heavy atom. The predicted molar refractivity (Wildman–Crippen MR) is 76.8 cm³/mol. The number of carbonyl (C=O) groups is 1. The van der Waals surface area contributed by atoms with Gasteiger partial charge in [0.05, 0.1) is 5.02 Å². The first-order chi connectivity index (χ1) is 9.63. The van der Waals surface area contributed by atoms with Crippen molar-refractivity contribution in [1.29, 1.82) is 0 Å². The van der Waals surface area contributed by atoms with E-state index in [4.69, 9.17) is 11.6 Å². The Bertz CT molecular complexity index is 631. The minimum Gasteiger partial charge on any atom is -0.350 e. The molecule has 0 spiro atoms. The summed E-state index contributed by atoms with van der Waals surface area (Å²) in [5.41, 5.74) is 0.590. The first-order valence-corrected chi connectivity index (χ1v) is 7.11. The van der Waals surface area contributed by atoms with Gasteiger partial charge in [-0.1, -0.05) is 11.6 Å². The second-order valence-corrected chi connectivity index (χ2v) is 5.70. The van der Waals surface area contributed by atoms with E-state index >= 15 is 0 Å². The molecule has 0 aliphatic carbocycles. The second kappa shape index (κ2) is 5.32. The molecule has 0 fully saturated rings. The third-order valence-corrected chi connectivity index (χ3v) is 4.01. The van der Waals surface area contributed by atoms with Gasteiger partial charge >= 0.3 is 0 Å². The number of carbonyl (C=O) groups excluding carboxylic acids is 1. The number of aromatic nitrogens is 3. The maximum atomic E-state index is 12.1. The summed E-state index contributed by atoms with van der Waals surface area (Å²) in [6.45, 7) is 1.65. The molecule has 3 heterocycles. The Labute approximate surface area is 122 Å². The van der Waals surface area contributed by atoms with Crippen molar-refractivity contribution in [3.8, 4) is 0 Å². The molecule has 1 atom stereocenters. The van der Waals surface area contributed by atoms with Crippen LogP contribution >= 0.6 is 11.6 Å². The summed E-state index contributed by atoms with van der Waals surface area (Å²) >= 11 is 5.89. The Morgan fingerprint density at radius 3 is 3.20 bits per heavy atom. The van der Waals surface area contributed by atoms with Gasteiger partial charge in [0.15, 0.2) is 0 Å². The summed E-state index contributed by atoms with van der Waals surface area (Å²) in [4.78, 5) is 16.4. The highest BCUT2D eigenvalue weighted by Crippen LogP contribution is 2.18. The number of nitrogens with zero attached hydrogens (tertiary/aromatic N) is 3. The van der Waals surface area contributed by atoms with E-state index in [0.717, 1.165) is 25.2 Å². The van der Waals surface area contributed by atoms with Crippen LogP contribution in [-0.4, -0.2) is 26.6 Å². The van der Waals surface area contributed by atoms with Crippen LogP contribution in [0.25, 0.3) is 0 Å². The number of hydrogen-bond acceptors (Lipinski definition) is 2. The summed E-state index contributed by atoms with van der Waals surface area (Å²) in [5, 5.41) is 3.57. The van der Waals surface area contributed by atoms with Crippen LogP contribution in [-0.2, 0) is 20.0 Å². The highest BCUT2D eigenvalue weighted by molar-refractivity contribution is 6.31. The fourth-order valence-electron chi connectivity index (χ4n) is 2.67. The molecule has 1 aliphatic rings. The SMILES string of the molecule is Cn1cc(Cl)cc1C(=O)NC[C@@H]1CCn2ccnc2C1.